The molecule has 1 aromatic carbocycles. The molecule has 0 amide bonds. The number of benzene rings is 1. The van der Waals surface area contributed by atoms with Crippen LogP contribution >= 0.6 is 34.8 Å². The summed E-state index contributed by atoms with van der Waals surface area (Å²) < 4.78 is -1.68. The van der Waals surface area contributed by atoms with Crippen molar-refractivity contribution in [2.75, 3.05) is 0 Å². The van der Waals surface area contributed by atoms with E-state index in [1.165, 1.54) is 0 Å². The molecule has 0 radical (unpaired) electrons. The zero-order valence-electron chi connectivity index (χ0n) is 9.45. The minimum atomic E-state index is -1.68. The summed E-state index contributed by atoms with van der Waals surface area (Å²) in [5, 5.41) is 9.26. The number of alkyl halides is 3. The third-order valence-corrected chi connectivity index (χ3v) is 3.39. The molecule has 0 aliphatic carbocycles. The van der Waals surface area contributed by atoms with Gasteiger partial charge in [-0.15, -0.1) is 0 Å². The van der Waals surface area contributed by atoms with Crippen LogP contribution in [0.3, 0.4) is 0 Å². The standard InChI is InChI=1S/C12H13Cl3O2/c1-11(2,10(16)17)9(12(13,14)15)8-6-4-3-5-7-8/h3-7,9H,1-2H3,(H,16,17). The predicted octanol–water partition coefficient (Wildman–Crippen LogP) is 4.25. The van der Waals surface area contributed by atoms with Gasteiger partial charge >= 0.3 is 5.97 Å². The molecule has 0 heterocycles. The van der Waals surface area contributed by atoms with Crippen molar-refractivity contribution in [3.05, 3.63) is 35.9 Å². The van der Waals surface area contributed by atoms with Gasteiger partial charge < -0.3 is 5.11 Å². The minimum absolute atomic E-state index is 0.694. The van der Waals surface area contributed by atoms with Crippen LogP contribution in [0, 0.1) is 5.41 Å². The largest absolute Gasteiger partial charge is 0.481 e. The second-order valence-corrected chi connectivity index (χ2v) is 6.78. The van der Waals surface area contributed by atoms with E-state index in [2.05, 4.69) is 0 Å². The van der Waals surface area contributed by atoms with Crippen LogP contribution in [0.1, 0.15) is 25.3 Å². The van der Waals surface area contributed by atoms with Crippen LogP contribution in [-0.2, 0) is 4.79 Å². The quantitative estimate of drug-likeness (QED) is 0.846. The van der Waals surface area contributed by atoms with Crippen LogP contribution in [0.5, 0.6) is 0 Å². The fraction of sp³-hybridized carbons (Fsp3) is 0.417. The topological polar surface area (TPSA) is 37.3 Å². The van der Waals surface area contributed by atoms with Gasteiger partial charge in [0.15, 0.2) is 3.79 Å². The molecule has 1 aromatic rings. The molecule has 0 aromatic heterocycles. The number of halogens is 3. The third kappa shape index (κ3) is 3.27. The normalized spacial score (nSPS) is 14.4. The fourth-order valence-electron chi connectivity index (χ4n) is 1.78. The lowest BCUT2D eigenvalue weighted by Gasteiger charge is -2.35. The summed E-state index contributed by atoms with van der Waals surface area (Å²) in [5.74, 6) is -1.73. The van der Waals surface area contributed by atoms with Gasteiger partial charge in [0.05, 0.1) is 5.41 Å². The molecule has 0 fully saturated rings. The maximum Gasteiger partial charge on any atom is 0.309 e. The van der Waals surface area contributed by atoms with Crippen molar-refractivity contribution in [1.82, 2.24) is 0 Å². The second-order valence-electron chi connectivity index (χ2n) is 4.41. The Hall–Kier alpha value is -0.440. The molecule has 0 saturated heterocycles. The van der Waals surface area contributed by atoms with Crippen molar-refractivity contribution in [3.63, 3.8) is 0 Å². The molecular formula is C12H13Cl3O2. The average molecular weight is 296 g/mol. The Balaban J connectivity index is 3.29. The van der Waals surface area contributed by atoms with Gasteiger partial charge in [-0.1, -0.05) is 65.1 Å². The van der Waals surface area contributed by atoms with Crippen LogP contribution in [0.2, 0.25) is 0 Å². The summed E-state index contributed by atoms with van der Waals surface area (Å²) >= 11 is 17.8. The Morgan fingerprint density at radius 3 is 2.00 bits per heavy atom. The summed E-state index contributed by atoms with van der Waals surface area (Å²) in [5.41, 5.74) is -0.480. The maximum absolute atomic E-state index is 11.3. The Labute approximate surface area is 115 Å². The minimum Gasteiger partial charge on any atom is -0.481 e. The summed E-state index contributed by atoms with van der Waals surface area (Å²) in [7, 11) is 0. The van der Waals surface area contributed by atoms with Gasteiger partial charge in [-0.2, -0.15) is 0 Å². The number of hydrogen-bond acceptors (Lipinski definition) is 1. The highest BCUT2D eigenvalue weighted by Crippen LogP contribution is 2.51. The number of aliphatic carboxylic acids is 1. The molecule has 5 heteroatoms. The van der Waals surface area contributed by atoms with Crippen molar-refractivity contribution in [1.29, 1.82) is 0 Å². The number of carboxylic acids is 1. The lowest BCUT2D eigenvalue weighted by atomic mass is 9.75. The Bertz CT molecular complexity index is 396. The highest BCUT2D eigenvalue weighted by Gasteiger charge is 2.48. The molecule has 0 spiro atoms. The molecular weight excluding hydrogens is 282 g/mol. The summed E-state index contributed by atoms with van der Waals surface area (Å²) in [4.78, 5) is 11.3. The van der Waals surface area contributed by atoms with E-state index < -0.39 is 21.1 Å². The van der Waals surface area contributed by atoms with E-state index in [4.69, 9.17) is 34.8 Å². The van der Waals surface area contributed by atoms with E-state index in [0.717, 1.165) is 0 Å². The van der Waals surface area contributed by atoms with E-state index in [1.807, 2.05) is 6.07 Å². The molecule has 1 rings (SSSR count). The first kappa shape index (κ1) is 14.6. The van der Waals surface area contributed by atoms with Gasteiger partial charge in [-0.05, 0) is 19.4 Å². The van der Waals surface area contributed by atoms with E-state index >= 15 is 0 Å². The number of rotatable bonds is 3. The van der Waals surface area contributed by atoms with E-state index in [1.54, 1.807) is 38.1 Å². The first-order chi connectivity index (χ1) is 7.67. The number of carbonyl (C=O) groups is 1. The maximum atomic E-state index is 11.3. The lowest BCUT2D eigenvalue weighted by Crippen LogP contribution is -2.38. The Kier molecular flexibility index (Phi) is 4.34. The number of hydrogen-bond donors (Lipinski definition) is 1. The van der Waals surface area contributed by atoms with Gasteiger partial charge in [0.2, 0.25) is 0 Å². The Morgan fingerprint density at radius 1 is 1.18 bits per heavy atom. The molecule has 17 heavy (non-hydrogen) atoms. The summed E-state index contributed by atoms with van der Waals surface area (Å²) in [6, 6.07) is 8.93. The van der Waals surface area contributed by atoms with Crippen LogP contribution in [0.4, 0.5) is 0 Å². The van der Waals surface area contributed by atoms with Gasteiger partial charge in [0.25, 0.3) is 0 Å². The van der Waals surface area contributed by atoms with Crippen molar-refractivity contribution < 1.29 is 9.90 Å². The molecule has 0 aliphatic heterocycles. The first-order valence-electron chi connectivity index (χ1n) is 5.02. The fourth-order valence-corrected chi connectivity index (χ4v) is 2.98. The predicted molar refractivity (Wildman–Crippen MR) is 70.9 cm³/mol. The van der Waals surface area contributed by atoms with Crippen LogP contribution in [-0.4, -0.2) is 14.9 Å². The van der Waals surface area contributed by atoms with E-state index in [0.29, 0.717) is 5.56 Å². The van der Waals surface area contributed by atoms with Gasteiger partial charge in [0, 0.05) is 5.92 Å². The van der Waals surface area contributed by atoms with Gasteiger partial charge in [0.1, 0.15) is 0 Å². The molecule has 94 valence electrons. The summed E-state index contributed by atoms with van der Waals surface area (Å²) in [6.45, 7) is 3.10. The van der Waals surface area contributed by atoms with Crippen LogP contribution in [0.15, 0.2) is 30.3 Å². The van der Waals surface area contributed by atoms with Crippen molar-refractivity contribution in [3.8, 4) is 0 Å². The highest BCUT2D eigenvalue weighted by atomic mass is 35.6. The molecule has 0 saturated carbocycles. The van der Waals surface area contributed by atoms with Crippen LogP contribution in [0.25, 0.3) is 0 Å². The van der Waals surface area contributed by atoms with Gasteiger partial charge in [-0.25, -0.2) is 0 Å². The van der Waals surface area contributed by atoms with Crippen molar-refractivity contribution in [2.24, 2.45) is 5.41 Å². The van der Waals surface area contributed by atoms with E-state index in [9.17, 15) is 9.90 Å². The molecule has 2 nitrogen and oxygen atoms in total. The third-order valence-electron chi connectivity index (χ3n) is 2.73. The van der Waals surface area contributed by atoms with Crippen LogP contribution < -0.4 is 0 Å². The molecule has 0 aliphatic rings. The lowest BCUT2D eigenvalue weighted by molar-refractivity contribution is -0.148. The monoisotopic (exact) mass is 294 g/mol. The zero-order chi connectivity index (χ0) is 13.3. The SMILES string of the molecule is CC(C)(C(=O)O)C(c1ccccc1)C(Cl)(Cl)Cl. The molecule has 1 atom stereocenters. The Morgan fingerprint density at radius 2 is 1.65 bits per heavy atom. The molecule has 0 bridgehead atoms. The first-order valence-corrected chi connectivity index (χ1v) is 6.16. The van der Waals surface area contributed by atoms with Crippen molar-refractivity contribution >= 4 is 40.8 Å². The second kappa shape index (κ2) is 5.05. The smallest absolute Gasteiger partial charge is 0.309 e. The zero-order valence-corrected chi connectivity index (χ0v) is 11.7. The highest BCUT2D eigenvalue weighted by molar-refractivity contribution is 6.68. The summed E-state index contributed by atoms with van der Waals surface area (Å²) in [6.07, 6.45) is 0. The van der Waals surface area contributed by atoms with E-state index in [-0.39, 0.29) is 0 Å². The van der Waals surface area contributed by atoms with Gasteiger partial charge in [-0.3, -0.25) is 4.79 Å². The molecule has 1 unspecified atom stereocenters. The molecule has 1 N–H and O–H groups in total. The van der Waals surface area contributed by atoms with Crippen molar-refractivity contribution in [2.45, 2.75) is 23.6 Å². The average Bonchev–Trinajstić information content (AvgIpc) is 2.16. The number of carboxylic acid groups (broad SMARTS) is 1.